The Bertz CT molecular complexity index is 515. The van der Waals surface area contributed by atoms with E-state index in [9.17, 15) is 14.4 Å². The zero-order chi connectivity index (χ0) is 19.6. The van der Waals surface area contributed by atoms with Crippen molar-refractivity contribution in [3.8, 4) is 0 Å². The molecule has 0 aromatic carbocycles. The summed E-state index contributed by atoms with van der Waals surface area (Å²) in [5.41, 5.74) is -1.24. The predicted molar refractivity (Wildman–Crippen MR) is 105 cm³/mol. The van der Waals surface area contributed by atoms with E-state index in [1.165, 1.54) is 52.6 Å². The molecule has 4 amide bonds. The van der Waals surface area contributed by atoms with Crippen LogP contribution in [0.1, 0.15) is 71.1 Å². The van der Waals surface area contributed by atoms with Crippen LogP contribution in [0.4, 0.5) is 4.79 Å². The van der Waals surface area contributed by atoms with E-state index >= 15 is 0 Å². The van der Waals surface area contributed by atoms with Gasteiger partial charge in [-0.15, -0.1) is 6.58 Å². The van der Waals surface area contributed by atoms with Crippen molar-refractivity contribution in [2.24, 2.45) is 5.41 Å². The van der Waals surface area contributed by atoms with Gasteiger partial charge in [0.15, 0.2) is 0 Å². The van der Waals surface area contributed by atoms with Gasteiger partial charge in [0.05, 0.1) is 0 Å². The fourth-order valence-electron chi connectivity index (χ4n) is 3.43. The van der Waals surface area contributed by atoms with Gasteiger partial charge in [-0.1, -0.05) is 63.7 Å². The highest BCUT2D eigenvalue weighted by molar-refractivity contribution is 6.18. The number of urea groups is 1. The molecule has 0 atom stereocenters. The normalized spacial score (nSPS) is 17.4. The smallest absolute Gasteiger partial charge is 0.273 e. The third-order valence-electron chi connectivity index (χ3n) is 5.10. The molecule has 1 aliphatic heterocycles. The third kappa shape index (κ3) is 5.29. The molecule has 5 heteroatoms. The molecule has 0 aromatic heterocycles. The van der Waals surface area contributed by atoms with Gasteiger partial charge in [-0.3, -0.25) is 19.4 Å². The van der Waals surface area contributed by atoms with E-state index in [4.69, 9.17) is 0 Å². The number of allylic oxidation sites excluding steroid dienone is 3. The van der Waals surface area contributed by atoms with Crippen molar-refractivity contribution in [1.82, 2.24) is 9.80 Å². The number of imide groups is 2. The molecule has 1 heterocycles. The van der Waals surface area contributed by atoms with Crippen molar-refractivity contribution in [3.63, 3.8) is 0 Å². The molecule has 0 spiro atoms. The summed E-state index contributed by atoms with van der Waals surface area (Å²) in [6, 6.07) is -0.577. The minimum atomic E-state index is -1.24. The summed E-state index contributed by atoms with van der Waals surface area (Å²) < 4.78 is 0. The molecule has 0 aliphatic carbocycles. The Morgan fingerprint density at radius 1 is 0.846 bits per heavy atom. The molecule has 0 N–H and O–H groups in total. The van der Waals surface area contributed by atoms with Crippen LogP contribution in [0.5, 0.6) is 0 Å². The number of carbonyl (C=O) groups excluding carboxylic acids is 3. The quantitative estimate of drug-likeness (QED) is 0.287. The minimum absolute atomic E-state index is 0.231. The first kappa shape index (κ1) is 22.1. The van der Waals surface area contributed by atoms with E-state index < -0.39 is 23.3 Å². The lowest BCUT2D eigenvalue weighted by Crippen LogP contribution is -2.62. The molecular weight excluding hydrogens is 328 g/mol. The third-order valence-corrected chi connectivity index (χ3v) is 5.10. The average Bonchev–Trinajstić information content (AvgIpc) is 2.64. The zero-order valence-corrected chi connectivity index (χ0v) is 16.6. The first-order valence-electron chi connectivity index (χ1n) is 9.78. The minimum Gasteiger partial charge on any atom is -0.273 e. The summed E-state index contributed by atoms with van der Waals surface area (Å²) in [5.74, 6) is -0.878. The molecule has 1 saturated heterocycles. The van der Waals surface area contributed by atoms with Gasteiger partial charge < -0.3 is 0 Å². The van der Waals surface area contributed by atoms with Crippen LogP contribution in [0.2, 0.25) is 0 Å². The fraction of sp³-hybridized carbons (Fsp3) is 0.667. The maximum Gasteiger partial charge on any atom is 0.332 e. The van der Waals surface area contributed by atoms with E-state index in [0.29, 0.717) is 6.42 Å². The number of unbranched alkanes of at least 4 members (excludes halogenated alkanes) is 7. The van der Waals surface area contributed by atoms with E-state index in [1.54, 1.807) is 6.08 Å². The molecular formula is C21H34N2O3. The van der Waals surface area contributed by atoms with Crippen molar-refractivity contribution in [2.75, 3.05) is 14.1 Å². The monoisotopic (exact) mass is 362 g/mol. The average molecular weight is 363 g/mol. The Labute approximate surface area is 158 Å². The van der Waals surface area contributed by atoms with Crippen LogP contribution in [0.15, 0.2) is 24.8 Å². The van der Waals surface area contributed by atoms with E-state index in [2.05, 4.69) is 13.5 Å². The van der Waals surface area contributed by atoms with Gasteiger partial charge in [0, 0.05) is 14.1 Å². The van der Waals surface area contributed by atoms with E-state index in [-0.39, 0.29) is 6.42 Å². The number of rotatable bonds is 12. The van der Waals surface area contributed by atoms with Crippen molar-refractivity contribution in [1.29, 1.82) is 0 Å². The van der Waals surface area contributed by atoms with E-state index in [1.807, 2.05) is 12.2 Å². The summed E-state index contributed by atoms with van der Waals surface area (Å²) in [7, 11) is 2.85. The number of nitrogens with zero attached hydrogens (tertiary/aromatic N) is 2. The van der Waals surface area contributed by atoms with Gasteiger partial charge in [-0.05, 0) is 25.7 Å². The molecule has 146 valence electrons. The second-order valence-corrected chi connectivity index (χ2v) is 7.17. The van der Waals surface area contributed by atoms with Crippen LogP contribution in [0.25, 0.3) is 0 Å². The fourth-order valence-corrected chi connectivity index (χ4v) is 3.43. The number of hydrogen-bond donors (Lipinski definition) is 0. The molecule has 0 saturated carbocycles. The molecule has 0 radical (unpaired) electrons. The predicted octanol–water partition coefficient (Wildman–Crippen LogP) is 4.69. The first-order valence-corrected chi connectivity index (χ1v) is 9.78. The van der Waals surface area contributed by atoms with Gasteiger partial charge >= 0.3 is 6.03 Å². The Kier molecular flexibility index (Phi) is 9.31. The maximum atomic E-state index is 12.7. The summed E-state index contributed by atoms with van der Waals surface area (Å²) in [6.07, 6.45) is 15.8. The van der Waals surface area contributed by atoms with Crippen LogP contribution in [0, 0.1) is 5.41 Å². The lowest BCUT2D eigenvalue weighted by Gasteiger charge is -2.40. The number of hydrogen-bond acceptors (Lipinski definition) is 3. The van der Waals surface area contributed by atoms with Crippen molar-refractivity contribution in [3.05, 3.63) is 24.8 Å². The second-order valence-electron chi connectivity index (χ2n) is 7.17. The van der Waals surface area contributed by atoms with Crippen molar-refractivity contribution in [2.45, 2.75) is 71.1 Å². The summed E-state index contributed by atoms with van der Waals surface area (Å²) in [4.78, 5) is 39.4. The van der Waals surface area contributed by atoms with Gasteiger partial charge in [-0.2, -0.15) is 0 Å². The Morgan fingerprint density at radius 2 is 1.38 bits per heavy atom. The Morgan fingerprint density at radius 3 is 1.92 bits per heavy atom. The highest BCUT2D eigenvalue weighted by Gasteiger charge is 2.53. The molecule has 0 unspecified atom stereocenters. The standard InChI is InChI=1S/C21H34N2O3/c1-5-7-8-9-10-11-12-13-14-15-17-21(16-6-2)18(24)22(3)20(26)23(4)19(21)25/h6,14-15H,2,5,7-13,16-17H2,1,3-4H3. The SMILES string of the molecule is C=CCC1(CC=CCCCCCCCCC)C(=O)N(C)C(=O)N(C)C1=O. The van der Waals surface area contributed by atoms with E-state index in [0.717, 1.165) is 22.6 Å². The second kappa shape index (κ2) is 10.9. The van der Waals surface area contributed by atoms with Crippen LogP contribution >= 0.6 is 0 Å². The van der Waals surface area contributed by atoms with Gasteiger partial charge in [-0.25, -0.2) is 4.79 Å². The lowest BCUT2D eigenvalue weighted by molar-refractivity contribution is -0.156. The Balaban J connectivity index is 2.57. The zero-order valence-electron chi connectivity index (χ0n) is 16.6. The maximum absolute atomic E-state index is 12.7. The summed E-state index contributed by atoms with van der Waals surface area (Å²) in [6.45, 7) is 5.91. The molecule has 1 fully saturated rings. The first-order chi connectivity index (χ1) is 12.4. The molecule has 26 heavy (non-hydrogen) atoms. The van der Waals surface area contributed by atoms with Crippen LogP contribution in [-0.4, -0.2) is 41.7 Å². The highest BCUT2D eigenvalue weighted by atomic mass is 16.2. The number of amides is 4. The summed E-state index contributed by atoms with van der Waals surface area (Å²) >= 11 is 0. The molecule has 0 bridgehead atoms. The molecule has 1 aliphatic rings. The van der Waals surface area contributed by atoms with Gasteiger partial charge in [0.25, 0.3) is 0 Å². The Hall–Kier alpha value is -1.91. The molecule has 5 nitrogen and oxygen atoms in total. The topological polar surface area (TPSA) is 57.7 Å². The number of carbonyl (C=O) groups is 3. The van der Waals surface area contributed by atoms with Gasteiger partial charge in [0.2, 0.25) is 11.8 Å². The van der Waals surface area contributed by atoms with Crippen LogP contribution in [0.3, 0.4) is 0 Å². The largest absolute Gasteiger partial charge is 0.332 e. The van der Waals surface area contributed by atoms with Crippen molar-refractivity contribution < 1.29 is 14.4 Å². The molecule has 1 rings (SSSR count). The highest BCUT2D eigenvalue weighted by Crippen LogP contribution is 2.36. The molecule has 0 aromatic rings. The van der Waals surface area contributed by atoms with Gasteiger partial charge in [0.1, 0.15) is 5.41 Å². The van der Waals surface area contributed by atoms with Crippen LogP contribution < -0.4 is 0 Å². The lowest BCUT2D eigenvalue weighted by atomic mass is 9.77. The summed E-state index contributed by atoms with van der Waals surface area (Å²) in [5, 5.41) is 0. The number of barbiturate groups is 1. The van der Waals surface area contributed by atoms with Crippen molar-refractivity contribution >= 4 is 17.8 Å². The van der Waals surface area contributed by atoms with Crippen LogP contribution in [-0.2, 0) is 9.59 Å².